The minimum Gasteiger partial charge on any atom is -0.494 e. The highest BCUT2D eigenvalue weighted by Gasteiger charge is 2.24. The maximum Gasteiger partial charge on any atom is 0.150 e. The number of methoxy groups -OCH3 is 1. The number of thiophene rings is 1. The van der Waals surface area contributed by atoms with E-state index in [9.17, 15) is 4.39 Å². The molecule has 0 bridgehead atoms. The average Bonchev–Trinajstić information content (AvgIpc) is 2.72. The van der Waals surface area contributed by atoms with Gasteiger partial charge >= 0.3 is 0 Å². The molecule has 5 heteroatoms. The molecule has 0 saturated carbocycles. The van der Waals surface area contributed by atoms with Gasteiger partial charge in [0.2, 0.25) is 0 Å². The molecule has 0 atom stereocenters. The third-order valence-electron chi connectivity index (χ3n) is 3.07. The summed E-state index contributed by atoms with van der Waals surface area (Å²) in [5.41, 5.74) is 8.34. The summed E-state index contributed by atoms with van der Waals surface area (Å²) in [7, 11) is 1.54. The van der Waals surface area contributed by atoms with E-state index in [1.807, 2.05) is 10.8 Å². The summed E-state index contributed by atoms with van der Waals surface area (Å²) in [6.07, 6.45) is 0.511. The van der Waals surface area contributed by atoms with Crippen LogP contribution in [-0.2, 0) is 6.42 Å². The third-order valence-corrected chi connectivity index (χ3v) is 3.79. The molecule has 0 fully saturated rings. The SMILES string of the molecule is COc1c(N)cc(F)c2c1-c1cscc1OCC2. The first kappa shape index (κ1) is 11.3. The van der Waals surface area contributed by atoms with Gasteiger partial charge in [-0.3, -0.25) is 0 Å². The smallest absolute Gasteiger partial charge is 0.150 e. The number of anilines is 1. The molecule has 18 heavy (non-hydrogen) atoms. The van der Waals surface area contributed by atoms with Crippen LogP contribution in [0.5, 0.6) is 11.5 Å². The summed E-state index contributed by atoms with van der Waals surface area (Å²) in [4.78, 5) is 0. The highest BCUT2D eigenvalue weighted by atomic mass is 32.1. The third kappa shape index (κ3) is 1.54. The second kappa shape index (κ2) is 4.17. The molecule has 2 heterocycles. The van der Waals surface area contributed by atoms with Gasteiger partial charge in [-0.05, 0) is 0 Å². The highest BCUT2D eigenvalue weighted by Crippen LogP contribution is 2.46. The van der Waals surface area contributed by atoms with Crippen molar-refractivity contribution >= 4 is 17.0 Å². The molecule has 0 saturated heterocycles. The van der Waals surface area contributed by atoms with E-state index in [0.717, 1.165) is 16.9 Å². The van der Waals surface area contributed by atoms with Crippen LogP contribution >= 0.6 is 11.3 Å². The second-order valence-corrected chi connectivity index (χ2v) is 4.83. The van der Waals surface area contributed by atoms with Crippen molar-refractivity contribution in [2.24, 2.45) is 0 Å². The maximum atomic E-state index is 14.0. The van der Waals surface area contributed by atoms with Crippen LogP contribution in [0.15, 0.2) is 16.8 Å². The Kier molecular flexibility index (Phi) is 2.63. The number of fused-ring (bicyclic) bond motifs is 3. The number of nitrogen functional groups attached to an aromatic ring is 1. The van der Waals surface area contributed by atoms with Crippen LogP contribution in [0.25, 0.3) is 11.1 Å². The van der Waals surface area contributed by atoms with Crippen molar-refractivity contribution in [1.29, 1.82) is 0 Å². The predicted molar refractivity (Wildman–Crippen MR) is 69.9 cm³/mol. The van der Waals surface area contributed by atoms with E-state index < -0.39 is 0 Å². The summed E-state index contributed by atoms with van der Waals surface area (Å²) in [6.45, 7) is 0.459. The van der Waals surface area contributed by atoms with Crippen LogP contribution in [0.4, 0.5) is 10.1 Å². The van der Waals surface area contributed by atoms with E-state index in [1.165, 1.54) is 17.4 Å². The fraction of sp³-hybridized carbons (Fsp3) is 0.231. The molecular formula is C13H12FNO2S. The fourth-order valence-corrected chi connectivity index (χ4v) is 3.04. The molecule has 1 aromatic carbocycles. The lowest BCUT2D eigenvalue weighted by Crippen LogP contribution is -2.03. The number of hydrogen-bond donors (Lipinski definition) is 1. The Bertz CT molecular complexity index is 609. The van der Waals surface area contributed by atoms with Crippen molar-refractivity contribution in [2.75, 3.05) is 19.5 Å². The van der Waals surface area contributed by atoms with Crippen LogP contribution in [0.1, 0.15) is 5.56 Å². The van der Waals surface area contributed by atoms with Gasteiger partial charge in [0.05, 0.1) is 19.4 Å². The van der Waals surface area contributed by atoms with E-state index in [4.69, 9.17) is 15.2 Å². The first-order valence-corrected chi connectivity index (χ1v) is 6.51. The minimum absolute atomic E-state index is 0.300. The topological polar surface area (TPSA) is 44.5 Å². The van der Waals surface area contributed by atoms with Crippen LogP contribution < -0.4 is 15.2 Å². The van der Waals surface area contributed by atoms with Crippen molar-refractivity contribution in [1.82, 2.24) is 0 Å². The van der Waals surface area contributed by atoms with Crippen molar-refractivity contribution in [3.63, 3.8) is 0 Å². The summed E-state index contributed by atoms with van der Waals surface area (Å²) in [5, 5.41) is 3.84. The highest BCUT2D eigenvalue weighted by molar-refractivity contribution is 7.08. The standard InChI is InChI=1S/C13H12FNO2S/c1-16-13-10(15)4-9(14)7-2-3-17-11-6-18-5-8(11)12(7)13/h4-6H,2-3,15H2,1H3. The Hall–Kier alpha value is -1.75. The lowest BCUT2D eigenvalue weighted by atomic mass is 9.97. The normalized spacial score (nSPS) is 13.2. The van der Waals surface area contributed by atoms with E-state index in [2.05, 4.69) is 0 Å². The molecule has 94 valence electrons. The number of hydrogen-bond acceptors (Lipinski definition) is 4. The summed E-state index contributed by atoms with van der Waals surface area (Å²) in [5.74, 6) is 0.990. The Balaban J connectivity index is 2.37. The largest absolute Gasteiger partial charge is 0.494 e. The van der Waals surface area contributed by atoms with Crippen LogP contribution in [0, 0.1) is 5.82 Å². The molecule has 0 radical (unpaired) electrons. The van der Waals surface area contributed by atoms with Gasteiger partial charge in [0.1, 0.15) is 17.3 Å². The lowest BCUT2D eigenvalue weighted by molar-refractivity contribution is 0.326. The molecule has 3 nitrogen and oxygen atoms in total. The van der Waals surface area contributed by atoms with Gasteiger partial charge in [-0.2, -0.15) is 0 Å². The first-order chi connectivity index (χ1) is 8.72. The number of nitrogens with two attached hydrogens (primary N) is 1. The molecule has 1 aliphatic heterocycles. The first-order valence-electron chi connectivity index (χ1n) is 5.56. The van der Waals surface area contributed by atoms with Gasteiger partial charge in [0, 0.05) is 39.9 Å². The molecule has 3 rings (SSSR count). The van der Waals surface area contributed by atoms with Gasteiger partial charge < -0.3 is 15.2 Å². The molecule has 0 unspecified atom stereocenters. The van der Waals surface area contributed by atoms with Crippen molar-refractivity contribution in [3.05, 3.63) is 28.2 Å². The number of halogens is 1. The molecular weight excluding hydrogens is 253 g/mol. The molecule has 0 aliphatic carbocycles. The molecule has 0 amide bonds. The van der Waals surface area contributed by atoms with Gasteiger partial charge in [-0.25, -0.2) is 4.39 Å². The summed E-state index contributed by atoms with van der Waals surface area (Å²) < 4.78 is 25.0. The van der Waals surface area contributed by atoms with Gasteiger partial charge in [0.15, 0.2) is 0 Å². The quantitative estimate of drug-likeness (QED) is 0.806. The monoisotopic (exact) mass is 265 g/mol. The van der Waals surface area contributed by atoms with Crippen LogP contribution in [0.3, 0.4) is 0 Å². The second-order valence-electron chi connectivity index (χ2n) is 4.08. The minimum atomic E-state index is -0.300. The zero-order chi connectivity index (χ0) is 12.7. The van der Waals surface area contributed by atoms with Gasteiger partial charge in [-0.15, -0.1) is 11.3 Å². The zero-order valence-electron chi connectivity index (χ0n) is 9.83. The van der Waals surface area contributed by atoms with E-state index in [1.54, 1.807) is 7.11 Å². The van der Waals surface area contributed by atoms with Crippen molar-refractivity contribution in [3.8, 4) is 22.6 Å². The van der Waals surface area contributed by atoms with Gasteiger partial charge in [0.25, 0.3) is 0 Å². The molecule has 0 spiro atoms. The summed E-state index contributed by atoms with van der Waals surface area (Å²) >= 11 is 1.52. The van der Waals surface area contributed by atoms with E-state index in [0.29, 0.717) is 30.0 Å². The van der Waals surface area contributed by atoms with Crippen molar-refractivity contribution in [2.45, 2.75) is 6.42 Å². The van der Waals surface area contributed by atoms with E-state index in [-0.39, 0.29) is 5.82 Å². The van der Waals surface area contributed by atoms with Crippen molar-refractivity contribution < 1.29 is 13.9 Å². The molecule has 2 aromatic rings. The lowest BCUT2D eigenvalue weighted by Gasteiger charge is -2.14. The van der Waals surface area contributed by atoms with E-state index >= 15 is 0 Å². The van der Waals surface area contributed by atoms with Crippen LogP contribution in [0.2, 0.25) is 0 Å². The number of rotatable bonds is 1. The van der Waals surface area contributed by atoms with Gasteiger partial charge in [-0.1, -0.05) is 0 Å². The maximum absolute atomic E-state index is 14.0. The Morgan fingerprint density at radius 1 is 1.44 bits per heavy atom. The average molecular weight is 265 g/mol. The Morgan fingerprint density at radius 2 is 2.28 bits per heavy atom. The molecule has 2 N–H and O–H groups in total. The molecule has 1 aromatic heterocycles. The summed E-state index contributed by atoms with van der Waals surface area (Å²) in [6, 6.07) is 1.31. The Labute approximate surface area is 108 Å². The fourth-order valence-electron chi connectivity index (χ4n) is 2.28. The predicted octanol–water partition coefficient (Wildman–Crippen LogP) is 3.08. The number of ether oxygens (including phenoxy) is 2. The zero-order valence-corrected chi connectivity index (χ0v) is 10.6. The number of benzene rings is 1. The Morgan fingerprint density at radius 3 is 3.06 bits per heavy atom. The molecule has 1 aliphatic rings. The van der Waals surface area contributed by atoms with Crippen LogP contribution in [-0.4, -0.2) is 13.7 Å².